The Labute approximate surface area is 107 Å². The molecule has 6 heteroatoms. The summed E-state index contributed by atoms with van der Waals surface area (Å²) in [6.45, 7) is 0.940. The van der Waals surface area contributed by atoms with Crippen LogP contribution < -0.4 is 5.56 Å². The van der Waals surface area contributed by atoms with E-state index in [2.05, 4.69) is 15.9 Å². The minimum atomic E-state index is -0.432. The van der Waals surface area contributed by atoms with E-state index in [1.165, 1.54) is 10.6 Å². The van der Waals surface area contributed by atoms with E-state index in [0.29, 0.717) is 19.5 Å². The number of aliphatic hydroxyl groups excluding tert-OH is 1. The molecule has 1 atom stereocenters. The van der Waals surface area contributed by atoms with Crippen LogP contribution in [0.2, 0.25) is 0 Å². The van der Waals surface area contributed by atoms with Crippen LogP contribution in [0.1, 0.15) is 6.42 Å². The molecule has 0 spiro atoms. The second-order valence-electron chi connectivity index (χ2n) is 4.10. The highest BCUT2D eigenvalue weighted by atomic mass is 79.9. The molecule has 0 aromatic carbocycles. The lowest BCUT2D eigenvalue weighted by Crippen LogP contribution is -2.35. The molecule has 17 heavy (non-hydrogen) atoms. The molecule has 0 bridgehead atoms. The highest BCUT2D eigenvalue weighted by Gasteiger charge is 2.24. The average molecular weight is 301 g/mol. The van der Waals surface area contributed by atoms with Gasteiger partial charge in [-0.25, -0.2) is 0 Å². The summed E-state index contributed by atoms with van der Waals surface area (Å²) < 4.78 is 2.11. The van der Waals surface area contributed by atoms with E-state index in [1.807, 2.05) is 0 Å². The normalized spacial score (nSPS) is 19.6. The third-order valence-electron chi connectivity index (χ3n) is 2.77. The van der Waals surface area contributed by atoms with Crippen LogP contribution in [0, 0.1) is 0 Å². The fraction of sp³-hybridized carbons (Fsp3) is 0.455. The van der Waals surface area contributed by atoms with Crippen molar-refractivity contribution in [3.05, 3.63) is 33.2 Å². The van der Waals surface area contributed by atoms with Crippen molar-refractivity contribution in [1.29, 1.82) is 0 Å². The first-order valence-corrected chi connectivity index (χ1v) is 6.17. The van der Waals surface area contributed by atoms with E-state index < -0.39 is 6.10 Å². The van der Waals surface area contributed by atoms with Gasteiger partial charge in [0.15, 0.2) is 0 Å². The topological polar surface area (TPSA) is 62.5 Å². The third kappa shape index (κ3) is 2.95. The maximum atomic E-state index is 11.9. The summed E-state index contributed by atoms with van der Waals surface area (Å²) in [5, 5.41) is 9.34. The van der Waals surface area contributed by atoms with Crippen molar-refractivity contribution in [3.8, 4) is 0 Å². The van der Waals surface area contributed by atoms with Crippen molar-refractivity contribution in [2.75, 3.05) is 13.1 Å². The number of pyridine rings is 1. The Morgan fingerprint density at radius 3 is 2.94 bits per heavy atom. The quantitative estimate of drug-likeness (QED) is 0.849. The van der Waals surface area contributed by atoms with Crippen LogP contribution in [0.15, 0.2) is 27.6 Å². The molecule has 0 unspecified atom stereocenters. The van der Waals surface area contributed by atoms with Crippen molar-refractivity contribution >= 4 is 21.8 Å². The van der Waals surface area contributed by atoms with Crippen molar-refractivity contribution in [2.24, 2.45) is 0 Å². The number of rotatable bonds is 2. The van der Waals surface area contributed by atoms with Gasteiger partial charge in [0.2, 0.25) is 5.91 Å². The highest BCUT2D eigenvalue weighted by Crippen LogP contribution is 2.10. The van der Waals surface area contributed by atoms with Crippen LogP contribution in [0.5, 0.6) is 0 Å². The molecule has 0 radical (unpaired) electrons. The van der Waals surface area contributed by atoms with Crippen LogP contribution in [0.3, 0.4) is 0 Å². The number of halogens is 1. The molecule has 1 saturated heterocycles. The molecule has 0 aliphatic carbocycles. The standard InChI is InChI=1S/C11H13BrN2O3/c12-8-1-2-10(16)14(5-8)7-11(17)13-4-3-9(15)6-13/h1-2,5,9,15H,3-4,6-7H2/t9-/m0/s1. The van der Waals surface area contributed by atoms with Crippen LogP contribution in [0.4, 0.5) is 0 Å². The first kappa shape index (κ1) is 12.3. The minimum Gasteiger partial charge on any atom is -0.391 e. The fourth-order valence-corrected chi connectivity index (χ4v) is 2.22. The molecule has 0 saturated carbocycles. The Balaban J connectivity index is 2.08. The van der Waals surface area contributed by atoms with Gasteiger partial charge >= 0.3 is 0 Å². The number of hydrogen-bond donors (Lipinski definition) is 1. The fourth-order valence-electron chi connectivity index (χ4n) is 1.84. The molecule has 1 fully saturated rings. The van der Waals surface area contributed by atoms with E-state index in [-0.39, 0.29) is 18.0 Å². The first-order valence-electron chi connectivity index (χ1n) is 5.38. The number of amides is 1. The summed E-state index contributed by atoms with van der Waals surface area (Å²) in [5.74, 6) is -0.137. The lowest BCUT2D eigenvalue weighted by Gasteiger charge is -2.16. The summed E-state index contributed by atoms with van der Waals surface area (Å²) in [5.41, 5.74) is -0.207. The smallest absolute Gasteiger partial charge is 0.251 e. The number of likely N-dealkylation sites (tertiary alicyclic amines) is 1. The second kappa shape index (κ2) is 5.01. The molecule has 5 nitrogen and oxygen atoms in total. The van der Waals surface area contributed by atoms with Gasteiger partial charge in [-0.2, -0.15) is 0 Å². The lowest BCUT2D eigenvalue weighted by atomic mass is 10.3. The van der Waals surface area contributed by atoms with E-state index in [1.54, 1.807) is 17.2 Å². The zero-order chi connectivity index (χ0) is 12.4. The number of nitrogens with zero attached hydrogens (tertiary/aromatic N) is 2. The van der Waals surface area contributed by atoms with Gasteiger partial charge in [-0.3, -0.25) is 9.59 Å². The van der Waals surface area contributed by atoms with Gasteiger partial charge < -0.3 is 14.6 Å². The Hall–Kier alpha value is -1.14. The molecule has 2 rings (SSSR count). The number of aromatic nitrogens is 1. The lowest BCUT2D eigenvalue weighted by molar-refractivity contribution is -0.131. The third-order valence-corrected chi connectivity index (χ3v) is 3.24. The molecule has 2 heterocycles. The number of carbonyl (C=O) groups excluding carboxylic acids is 1. The minimum absolute atomic E-state index is 0.0188. The number of carbonyl (C=O) groups is 1. The van der Waals surface area contributed by atoms with Gasteiger partial charge in [-0.05, 0) is 28.4 Å². The summed E-state index contributed by atoms with van der Waals surface area (Å²) in [7, 11) is 0. The monoisotopic (exact) mass is 300 g/mol. The van der Waals surface area contributed by atoms with Crippen LogP contribution in [-0.4, -0.2) is 39.7 Å². The van der Waals surface area contributed by atoms with Crippen LogP contribution in [0.25, 0.3) is 0 Å². The predicted octanol–water partition coefficient (Wildman–Crippen LogP) is 0.204. The molecule has 1 aliphatic heterocycles. The zero-order valence-electron chi connectivity index (χ0n) is 9.17. The molecular weight excluding hydrogens is 288 g/mol. The van der Waals surface area contributed by atoms with Gasteiger partial charge in [0.25, 0.3) is 5.56 Å². The predicted molar refractivity (Wildman–Crippen MR) is 65.6 cm³/mol. The Bertz CT molecular complexity index is 486. The molecule has 1 N–H and O–H groups in total. The highest BCUT2D eigenvalue weighted by molar-refractivity contribution is 9.10. The van der Waals surface area contributed by atoms with E-state index in [4.69, 9.17) is 0 Å². The summed E-state index contributed by atoms with van der Waals surface area (Å²) in [4.78, 5) is 25.0. The molecule has 1 aromatic rings. The first-order chi connectivity index (χ1) is 8.06. The van der Waals surface area contributed by atoms with E-state index in [0.717, 1.165) is 4.47 Å². The SMILES string of the molecule is O=C(Cn1cc(Br)ccc1=O)N1CC[C@H](O)C1. The van der Waals surface area contributed by atoms with Gasteiger partial charge in [0.1, 0.15) is 6.54 Å². The largest absolute Gasteiger partial charge is 0.391 e. The summed E-state index contributed by atoms with van der Waals surface area (Å²) in [6.07, 6.45) is 1.77. The van der Waals surface area contributed by atoms with Gasteiger partial charge in [-0.15, -0.1) is 0 Å². The molecular formula is C11H13BrN2O3. The molecule has 92 valence electrons. The van der Waals surface area contributed by atoms with E-state index in [9.17, 15) is 14.7 Å². The zero-order valence-corrected chi connectivity index (χ0v) is 10.8. The molecule has 1 aromatic heterocycles. The number of hydrogen-bond acceptors (Lipinski definition) is 3. The van der Waals surface area contributed by atoms with Gasteiger partial charge in [-0.1, -0.05) is 0 Å². The summed E-state index contributed by atoms with van der Waals surface area (Å²) in [6, 6.07) is 3.05. The molecule has 1 aliphatic rings. The Morgan fingerprint density at radius 1 is 1.53 bits per heavy atom. The molecule has 1 amide bonds. The second-order valence-corrected chi connectivity index (χ2v) is 5.01. The number of β-amino-alcohol motifs (C(OH)–C–C–N with tert-alkyl or cyclic N) is 1. The number of aliphatic hydroxyl groups is 1. The summed E-state index contributed by atoms with van der Waals surface area (Å²) >= 11 is 3.25. The van der Waals surface area contributed by atoms with Crippen LogP contribution >= 0.6 is 15.9 Å². The Kier molecular flexibility index (Phi) is 3.63. The van der Waals surface area contributed by atoms with E-state index >= 15 is 0 Å². The maximum Gasteiger partial charge on any atom is 0.251 e. The van der Waals surface area contributed by atoms with Crippen LogP contribution in [-0.2, 0) is 11.3 Å². The average Bonchev–Trinajstić information content (AvgIpc) is 2.70. The van der Waals surface area contributed by atoms with Crippen molar-refractivity contribution in [1.82, 2.24) is 9.47 Å². The van der Waals surface area contributed by atoms with Crippen molar-refractivity contribution < 1.29 is 9.90 Å². The Morgan fingerprint density at radius 2 is 2.29 bits per heavy atom. The van der Waals surface area contributed by atoms with Gasteiger partial charge in [0, 0.05) is 29.8 Å². The maximum absolute atomic E-state index is 11.9. The van der Waals surface area contributed by atoms with Crippen molar-refractivity contribution in [3.63, 3.8) is 0 Å². The van der Waals surface area contributed by atoms with Gasteiger partial charge in [0.05, 0.1) is 6.10 Å². The van der Waals surface area contributed by atoms with Crippen molar-refractivity contribution in [2.45, 2.75) is 19.1 Å².